The van der Waals surface area contributed by atoms with Crippen LogP contribution in [0, 0.1) is 0 Å². The van der Waals surface area contributed by atoms with E-state index >= 15 is 0 Å². The molecule has 2 N–H and O–H groups in total. The molecule has 0 spiro atoms. The highest BCUT2D eigenvalue weighted by Gasteiger charge is 2.24. The van der Waals surface area contributed by atoms with Gasteiger partial charge in [-0.05, 0) is 30.4 Å². The number of nitrogen functional groups attached to an aromatic ring is 1. The van der Waals surface area contributed by atoms with Crippen molar-refractivity contribution in [1.82, 2.24) is 4.57 Å². The van der Waals surface area contributed by atoms with E-state index in [1.54, 1.807) is 11.7 Å². The number of nitrogens with two attached hydrogens (primary N) is 1. The van der Waals surface area contributed by atoms with Gasteiger partial charge in [0.1, 0.15) is 0 Å². The molecule has 1 aromatic heterocycles. The molecule has 0 amide bonds. The van der Waals surface area contributed by atoms with Crippen LogP contribution in [-0.2, 0) is 11.3 Å². The predicted octanol–water partition coefficient (Wildman–Crippen LogP) is 0.954. The number of anilines is 1. The summed E-state index contributed by atoms with van der Waals surface area (Å²) in [5.74, 6) is 0.613. The molecule has 1 aliphatic carbocycles. The summed E-state index contributed by atoms with van der Waals surface area (Å²) < 4.78 is 6.60. The molecule has 0 atom stereocenters. The van der Waals surface area contributed by atoms with Crippen LogP contribution in [0.4, 0.5) is 5.69 Å². The molecule has 0 unspecified atom stereocenters. The molecule has 0 radical (unpaired) electrons. The van der Waals surface area contributed by atoms with Crippen molar-refractivity contribution >= 4 is 5.69 Å². The number of hydrogen-bond acceptors (Lipinski definition) is 3. The summed E-state index contributed by atoms with van der Waals surface area (Å²) in [7, 11) is 1.62. The van der Waals surface area contributed by atoms with Crippen LogP contribution in [-0.4, -0.2) is 18.3 Å². The summed E-state index contributed by atoms with van der Waals surface area (Å²) in [5.41, 5.74) is 7.10. The number of rotatable bonds is 4. The fourth-order valence-electron chi connectivity index (χ4n) is 1.68. The Kier molecular flexibility index (Phi) is 2.77. The van der Waals surface area contributed by atoms with E-state index in [2.05, 4.69) is 0 Å². The third kappa shape index (κ3) is 2.21. The minimum atomic E-state index is -0.114. The van der Waals surface area contributed by atoms with Crippen LogP contribution >= 0.6 is 0 Å². The Hall–Kier alpha value is -1.29. The van der Waals surface area contributed by atoms with E-state index in [1.807, 2.05) is 12.3 Å². The van der Waals surface area contributed by atoms with Gasteiger partial charge in [-0.2, -0.15) is 0 Å². The van der Waals surface area contributed by atoms with Gasteiger partial charge in [-0.3, -0.25) is 4.79 Å². The molecule has 1 aliphatic rings. The molecule has 4 heteroatoms. The third-order valence-electron chi connectivity index (χ3n) is 2.72. The summed E-state index contributed by atoms with van der Waals surface area (Å²) in [4.78, 5) is 11.7. The molecule has 0 saturated heterocycles. The fraction of sp³-hybridized carbons (Fsp3) is 0.545. The molecule has 2 rings (SSSR count). The molecule has 0 aliphatic heterocycles. The lowest BCUT2D eigenvalue weighted by Gasteiger charge is -2.08. The van der Waals surface area contributed by atoms with Crippen molar-refractivity contribution in [2.75, 3.05) is 19.5 Å². The molecule has 0 aromatic carbocycles. The van der Waals surface area contributed by atoms with Gasteiger partial charge < -0.3 is 15.0 Å². The Morgan fingerprint density at radius 3 is 2.93 bits per heavy atom. The summed E-state index contributed by atoms with van der Waals surface area (Å²) in [5, 5.41) is 0. The normalized spacial score (nSPS) is 15.5. The first-order valence-corrected chi connectivity index (χ1v) is 5.21. The third-order valence-corrected chi connectivity index (χ3v) is 2.72. The van der Waals surface area contributed by atoms with Crippen molar-refractivity contribution in [3.63, 3.8) is 0 Å². The van der Waals surface area contributed by atoms with Crippen LogP contribution in [0.25, 0.3) is 0 Å². The zero-order valence-corrected chi connectivity index (χ0v) is 8.90. The highest BCUT2D eigenvalue weighted by atomic mass is 16.5. The second kappa shape index (κ2) is 4.06. The number of nitrogens with zero attached hydrogens (tertiary/aromatic N) is 1. The number of hydrogen-bond donors (Lipinski definition) is 1. The van der Waals surface area contributed by atoms with Gasteiger partial charge in [0.25, 0.3) is 5.56 Å². The Bertz CT molecular complexity index is 408. The van der Waals surface area contributed by atoms with Gasteiger partial charge in [0.2, 0.25) is 0 Å². The Balaban J connectivity index is 2.29. The van der Waals surface area contributed by atoms with Gasteiger partial charge >= 0.3 is 0 Å². The SMILES string of the molecule is COCCn1cc(C2CC2)cc(N)c1=O. The lowest BCUT2D eigenvalue weighted by molar-refractivity contribution is 0.186. The van der Waals surface area contributed by atoms with E-state index in [0.29, 0.717) is 24.8 Å². The number of methoxy groups -OCH3 is 1. The minimum absolute atomic E-state index is 0.114. The molecule has 82 valence electrons. The van der Waals surface area contributed by atoms with E-state index in [0.717, 1.165) is 0 Å². The second-order valence-corrected chi connectivity index (χ2v) is 3.99. The van der Waals surface area contributed by atoms with Gasteiger partial charge in [-0.1, -0.05) is 0 Å². The summed E-state index contributed by atoms with van der Waals surface area (Å²) in [6.07, 6.45) is 4.33. The van der Waals surface area contributed by atoms with E-state index in [9.17, 15) is 4.79 Å². The fourth-order valence-corrected chi connectivity index (χ4v) is 1.68. The molecular weight excluding hydrogens is 192 g/mol. The topological polar surface area (TPSA) is 57.2 Å². The monoisotopic (exact) mass is 208 g/mol. The van der Waals surface area contributed by atoms with Crippen molar-refractivity contribution < 1.29 is 4.74 Å². The smallest absolute Gasteiger partial charge is 0.273 e. The van der Waals surface area contributed by atoms with Gasteiger partial charge in [0.15, 0.2) is 0 Å². The van der Waals surface area contributed by atoms with Crippen molar-refractivity contribution in [3.8, 4) is 0 Å². The lowest BCUT2D eigenvalue weighted by atomic mass is 10.2. The van der Waals surface area contributed by atoms with E-state index in [-0.39, 0.29) is 5.56 Å². The number of aromatic nitrogens is 1. The van der Waals surface area contributed by atoms with Crippen LogP contribution < -0.4 is 11.3 Å². The molecular formula is C11H16N2O2. The average Bonchev–Trinajstić information content (AvgIpc) is 3.03. The average molecular weight is 208 g/mol. The molecule has 4 nitrogen and oxygen atoms in total. The van der Waals surface area contributed by atoms with Crippen LogP contribution in [0.3, 0.4) is 0 Å². The van der Waals surface area contributed by atoms with Crippen LogP contribution in [0.2, 0.25) is 0 Å². The van der Waals surface area contributed by atoms with Crippen LogP contribution in [0.5, 0.6) is 0 Å². The molecule has 1 saturated carbocycles. The van der Waals surface area contributed by atoms with Crippen molar-refractivity contribution in [2.24, 2.45) is 0 Å². The quantitative estimate of drug-likeness (QED) is 0.801. The first kappa shape index (κ1) is 10.2. The second-order valence-electron chi connectivity index (χ2n) is 3.99. The Morgan fingerprint density at radius 2 is 2.33 bits per heavy atom. The van der Waals surface area contributed by atoms with E-state index in [4.69, 9.17) is 10.5 Å². The minimum Gasteiger partial charge on any atom is -0.394 e. The molecule has 0 bridgehead atoms. The lowest BCUT2D eigenvalue weighted by Crippen LogP contribution is -2.24. The highest BCUT2D eigenvalue weighted by molar-refractivity contribution is 5.40. The van der Waals surface area contributed by atoms with Gasteiger partial charge in [-0.15, -0.1) is 0 Å². The van der Waals surface area contributed by atoms with Crippen LogP contribution in [0.1, 0.15) is 24.3 Å². The zero-order chi connectivity index (χ0) is 10.8. The first-order valence-electron chi connectivity index (χ1n) is 5.21. The van der Waals surface area contributed by atoms with Gasteiger partial charge in [0, 0.05) is 19.9 Å². The Labute approximate surface area is 88.7 Å². The van der Waals surface area contributed by atoms with Crippen molar-refractivity contribution in [3.05, 3.63) is 28.2 Å². The number of pyridine rings is 1. The molecule has 15 heavy (non-hydrogen) atoms. The summed E-state index contributed by atoms with van der Waals surface area (Å²) in [6, 6.07) is 1.81. The zero-order valence-electron chi connectivity index (χ0n) is 8.90. The van der Waals surface area contributed by atoms with Gasteiger partial charge in [-0.25, -0.2) is 0 Å². The van der Waals surface area contributed by atoms with Crippen LogP contribution in [0.15, 0.2) is 17.1 Å². The predicted molar refractivity (Wildman–Crippen MR) is 59.0 cm³/mol. The summed E-state index contributed by atoms with van der Waals surface area (Å²) >= 11 is 0. The van der Waals surface area contributed by atoms with Crippen molar-refractivity contribution in [2.45, 2.75) is 25.3 Å². The highest BCUT2D eigenvalue weighted by Crippen LogP contribution is 2.39. The van der Waals surface area contributed by atoms with E-state index < -0.39 is 0 Å². The van der Waals surface area contributed by atoms with E-state index in [1.165, 1.54) is 18.4 Å². The molecule has 1 aromatic rings. The molecule has 1 heterocycles. The molecule has 1 fully saturated rings. The van der Waals surface area contributed by atoms with Crippen molar-refractivity contribution in [1.29, 1.82) is 0 Å². The maximum absolute atomic E-state index is 11.7. The maximum Gasteiger partial charge on any atom is 0.273 e. The first-order chi connectivity index (χ1) is 7.22. The summed E-state index contributed by atoms with van der Waals surface area (Å²) in [6.45, 7) is 1.10. The standard InChI is InChI=1S/C11H16N2O2/c1-15-5-4-13-7-9(8-2-3-8)6-10(12)11(13)14/h6-8H,2-5,12H2,1H3. The number of ether oxygens (including phenoxy) is 1. The Morgan fingerprint density at radius 1 is 1.60 bits per heavy atom. The van der Waals surface area contributed by atoms with Gasteiger partial charge in [0.05, 0.1) is 12.3 Å². The largest absolute Gasteiger partial charge is 0.394 e. The maximum atomic E-state index is 11.7.